The van der Waals surface area contributed by atoms with Crippen molar-refractivity contribution in [2.45, 2.75) is 76.9 Å². The zero-order valence-corrected chi connectivity index (χ0v) is 20.6. The number of benzene rings is 2. The Morgan fingerprint density at radius 1 is 1.03 bits per heavy atom. The summed E-state index contributed by atoms with van der Waals surface area (Å²) in [5, 5.41) is 0. The first-order valence-corrected chi connectivity index (χ1v) is 12.6. The zero-order valence-electron chi connectivity index (χ0n) is 20.6. The van der Waals surface area contributed by atoms with E-state index in [-0.39, 0.29) is 17.3 Å². The van der Waals surface area contributed by atoms with Crippen LogP contribution in [0.3, 0.4) is 0 Å². The molecule has 0 N–H and O–H groups in total. The van der Waals surface area contributed by atoms with Gasteiger partial charge in [0.2, 0.25) is 0 Å². The normalized spacial score (nSPS) is 29.0. The Bertz CT molecular complexity index is 1110. The summed E-state index contributed by atoms with van der Waals surface area (Å²) < 4.78 is 32.2. The number of carbonyl (C=O) groups excluding carboxylic acids is 2. The number of esters is 2. The third-order valence-corrected chi connectivity index (χ3v) is 8.11. The maximum Gasteiger partial charge on any atom is 0.338 e. The van der Waals surface area contributed by atoms with Gasteiger partial charge in [0, 0.05) is 6.42 Å². The number of rotatable bonds is 7. The molecule has 4 aliphatic carbocycles. The highest BCUT2D eigenvalue weighted by Gasteiger charge is 2.63. The molecule has 0 radical (unpaired) electrons. The van der Waals surface area contributed by atoms with E-state index < -0.39 is 28.4 Å². The first kappa shape index (κ1) is 23.8. The Kier molecular flexibility index (Phi) is 5.89. The maximum absolute atomic E-state index is 14.4. The highest BCUT2D eigenvalue weighted by Crippen LogP contribution is 2.63. The zero-order chi connectivity index (χ0) is 24.8. The molecule has 2 unspecified atom stereocenters. The molecule has 4 bridgehead atoms. The largest absolute Gasteiger partial charge is 0.485 e. The van der Waals surface area contributed by atoms with Crippen LogP contribution in [0, 0.1) is 23.1 Å². The van der Waals surface area contributed by atoms with Crippen LogP contribution < -0.4 is 9.47 Å². The summed E-state index contributed by atoms with van der Waals surface area (Å²) >= 11 is 0. The fraction of sp³-hybridized carbons (Fsp3) is 0.517. The second kappa shape index (κ2) is 8.65. The van der Waals surface area contributed by atoms with Crippen molar-refractivity contribution >= 4 is 11.9 Å². The molecule has 186 valence electrons. The predicted octanol–water partition coefficient (Wildman–Crippen LogP) is 6.49. The molecule has 35 heavy (non-hydrogen) atoms. The molecular weight excluding hydrogens is 447 g/mol. The molecule has 0 saturated heterocycles. The van der Waals surface area contributed by atoms with Gasteiger partial charge in [-0.3, -0.25) is 4.79 Å². The minimum Gasteiger partial charge on any atom is -0.485 e. The van der Waals surface area contributed by atoms with E-state index in [0.29, 0.717) is 30.4 Å². The van der Waals surface area contributed by atoms with Crippen molar-refractivity contribution in [3.63, 3.8) is 0 Å². The topological polar surface area (TPSA) is 61.8 Å². The Balaban J connectivity index is 1.36. The van der Waals surface area contributed by atoms with Crippen LogP contribution in [0.25, 0.3) is 0 Å². The van der Waals surface area contributed by atoms with Crippen molar-refractivity contribution in [1.29, 1.82) is 0 Å². The maximum atomic E-state index is 14.4. The molecule has 4 saturated carbocycles. The summed E-state index contributed by atoms with van der Waals surface area (Å²) in [5.74, 6) is -0.0156. The van der Waals surface area contributed by atoms with E-state index in [0.717, 1.165) is 32.1 Å². The highest BCUT2D eigenvalue weighted by atomic mass is 19.1. The van der Waals surface area contributed by atoms with Gasteiger partial charge in [0.05, 0.1) is 11.0 Å². The molecule has 0 heterocycles. The number of hydrogen-bond donors (Lipinski definition) is 0. The minimum atomic E-state index is -0.699. The molecule has 6 rings (SSSR count). The number of hydrogen-bond acceptors (Lipinski definition) is 5. The lowest BCUT2D eigenvalue weighted by Crippen LogP contribution is -2.60. The van der Waals surface area contributed by atoms with E-state index in [1.54, 1.807) is 12.1 Å². The predicted molar refractivity (Wildman–Crippen MR) is 129 cm³/mol. The molecule has 2 aromatic rings. The molecule has 6 heteroatoms. The molecule has 2 aromatic carbocycles. The fourth-order valence-electron chi connectivity index (χ4n) is 6.57. The van der Waals surface area contributed by atoms with Crippen molar-refractivity contribution in [2.24, 2.45) is 17.3 Å². The van der Waals surface area contributed by atoms with Gasteiger partial charge in [-0.25, -0.2) is 9.18 Å². The number of ether oxygens (including phenoxy) is 3. The SMILES string of the molecule is CCC(C)(C)Oc1cc(C(=O)OC23CC4CC(C2)CC(C(=O)Oc2ccccc2)(C4)C3)ccc1F. The highest BCUT2D eigenvalue weighted by molar-refractivity contribution is 5.90. The summed E-state index contributed by atoms with van der Waals surface area (Å²) in [6, 6.07) is 13.2. The van der Waals surface area contributed by atoms with Crippen LogP contribution in [0.4, 0.5) is 4.39 Å². The average molecular weight is 481 g/mol. The van der Waals surface area contributed by atoms with Gasteiger partial charge in [0.1, 0.15) is 17.0 Å². The standard InChI is InChI=1S/C29H33FO5/c1-4-27(2,3)34-24-13-21(10-11-23(24)30)25(31)35-29-16-19-12-20(17-29)15-28(14-19,18-29)26(32)33-22-8-6-5-7-9-22/h5-11,13,19-20H,4,12,14-18H2,1-3H3. The van der Waals surface area contributed by atoms with Crippen LogP contribution >= 0.6 is 0 Å². The Morgan fingerprint density at radius 2 is 1.71 bits per heavy atom. The van der Waals surface area contributed by atoms with Crippen LogP contribution in [0.2, 0.25) is 0 Å². The van der Waals surface area contributed by atoms with Gasteiger partial charge < -0.3 is 14.2 Å². The molecule has 5 nitrogen and oxygen atoms in total. The smallest absolute Gasteiger partial charge is 0.338 e. The van der Waals surface area contributed by atoms with Crippen molar-refractivity contribution in [1.82, 2.24) is 0 Å². The molecule has 2 atom stereocenters. The van der Waals surface area contributed by atoms with Crippen molar-refractivity contribution in [2.75, 3.05) is 0 Å². The molecule has 0 aliphatic heterocycles. The first-order valence-electron chi connectivity index (χ1n) is 12.6. The number of para-hydroxylation sites is 1. The molecule has 4 fully saturated rings. The second-order valence-electron chi connectivity index (χ2n) is 11.4. The van der Waals surface area contributed by atoms with Gasteiger partial charge in [-0.2, -0.15) is 0 Å². The summed E-state index contributed by atoms with van der Waals surface area (Å²) in [6.45, 7) is 5.71. The Morgan fingerprint density at radius 3 is 2.37 bits per heavy atom. The van der Waals surface area contributed by atoms with E-state index in [2.05, 4.69) is 0 Å². The van der Waals surface area contributed by atoms with Gasteiger partial charge in [0.15, 0.2) is 11.6 Å². The molecule has 0 aromatic heterocycles. The lowest BCUT2D eigenvalue weighted by molar-refractivity contribution is -0.189. The fourth-order valence-corrected chi connectivity index (χ4v) is 6.57. The Hall–Kier alpha value is -2.89. The van der Waals surface area contributed by atoms with Crippen LogP contribution in [0.1, 0.15) is 76.1 Å². The summed E-state index contributed by atoms with van der Waals surface area (Å²) in [6.07, 6.45) is 5.27. The lowest BCUT2D eigenvalue weighted by atomic mass is 9.48. The van der Waals surface area contributed by atoms with Gasteiger partial charge in [-0.15, -0.1) is 0 Å². The van der Waals surface area contributed by atoms with Crippen LogP contribution in [-0.4, -0.2) is 23.1 Å². The van der Waals surface area contributed by atoms with E-state index in [4.69, 9.17) is 14.2 Å². The summed E-state index contributed by atoms with van der Waals surface area (Å²) in [5.41, 5.74) is -1.64. The van der Waals surface area contributed by atoms with Gasteiger partial charge in [-0.05, 0) is 94.5 Å². The van der Waals surface area contributed by atoms with E-state index in [1.807, 2.05) is 39.0 Å². The molecular formula is C29H33FO5. The monoisotopic (exact) mass is 480 g/mol. The molecule has 0 amide bonds. The molecule has 0 spiro atoms. The van der Waals surface area contributed by atoms with Gasteiger partial charge in [0.25, 0.3) is 0 Å². The third-order valence-electron chi connectivity index (χ3n) is 8.11. The van der Waals surface area contributed by atoms with Crippen LogP contribution in [0.15, 0.2) is 48.5 Å². The first-order chi connectivity index (χ1) is 16.6. The van der Waals surface area contributed by atoms with Crippen molar-refractivity contribution in [3.05, 3.63) is 59.9 Å². The average Bonchev–Trinajstić information content (AvgIpc) is 2.80. The minimum absolute atomic E-state index is 0.0414. The Labute approximate surface area is 206 Å². The second-order valence-corrected chi connectivity index (χ2v) is 11.4. The van der Waals surface area contributed by atoms with E-state index in [1.165, 1.54) is 18.2 Å². The third kappa shape index (κ3) is 4.67. The molecule has 4 aliphatic rings. The van der Waals surface area contributed by atoms with Crippen molar-refractivity contribution < 1.29 is 28.2 Å². The number of carbonyl (C=O) groups is 2. The van der Waals surface area contributed by atoms with Crippen LogP contribution in [-0.2, 0) is 9.53 Å². The number of halogens is 1. The van der Waals surface area contributed by atoms with Crippen LogP contribution in [0.5, 0.6) is 11.5 Å². The van der Waals surface area contributed by atoms with E-state index in [9.17, 15) is 14.0 Å². The van der Waals surface area contributed by atoms with Crippen molar-refractivity contribution in [3.8, 4) is 11.5 Å². The van der Waals surface area contributed by atoms with Gasteiger partial charge >= 0.3 is 11.9 Å². The summed E-state index contributed by atoms with van der Waals surface area (Å²) in [4.78, 5) is 26.7. The van der Waals surface area contributed by atoms with E-state index >= 15 is 0 Å². The quantitative estimate of drug-likeness (QED) is 0.335. The lowest BCUT2D eigenvalue weighted by Gasteiger charge is -2.59. The van der Waals surface area contributed by atoms with Gasteiger partial charge in [-0.1, -0.05) is 25.1 Å². The summed E-state index contributed by atoms with van der Waals surface area (Å²) in [7, 11) is 0.